The summed E-state index contributed by atoms with van der Waals surface area (Å²) in [5, 5.41) is 4.02. The Morgan fingerprint density at radius 3 is 2.77 bits per heavy atom. The molecule has 3 aromatic rings. The highest BCUT2D eigenvalue weighted by Gasteiger charge is 2.28. The minimum Gasteiger partial charge on any atom is -0.496 e. The predicted molar refractivity (Wildman–Crippen MR) is 103 cm³/mol. The number of nitrogens with zero attached hydrogens (tertiary/aromatic N) is 2. The van der Waals surface area contributed by atoms with Crippen molar-refractivity contribution in [2.75, 3.05) is 7.11 Å². The first-order valence-corrected chi connectivity index (χ1v) is 9.58. The third-order valence-corrected chi connectivity index (χ3v) is 5.95. The van der Waals surface area contributed by atoms with Crippen LogP contribution in [0.1, 0.15) is 51.1 Å². The van der Waals surface area contributed by atoms with Crippen LogP contribution in [0.4, 0.5) is 0 Å². The van der Waals surface area contributed by atoms with E-state index in [0.717, 1.165) is 38.6 Å². The Labute approximate surface area is 156 Å². The number of ether oxygens (including phenoxy) is 1. The molecule has 1 fully saturated rings. The average molecular weight is 367 g/mol. The van der Waals surface area contributed by atoms with Crippen LogP contribution in [0.25, 0.3) is 10.2 Å². The average Bonchev–Trinajstić information content (AvgIpc) is 3.44. The quantitative estimate of drug-likeness (QED) is 0.737. The summed E-state index contributed by atoms with van der Waals surface area (Å²) in [4.78, 5) is 23.8. The van der Waals surface area contributed by atoms with Gasteiger partial charge in [0.1, 0.15) is 16.4 Å². The van der Waals surface area contributed by atoms with Crippen LogP contribution in [-0.4, -0.2) is 23.0 Å². The number of nitrogens with one attached hydrogen (secondary N) is 1. The molecule has 1 amide bonds. The Bertz CT molecular complexity index is 992. The summed E-state index contributed by atoms with van der Waals surface area (Å²) >= 11 is 1.46. The van der Waals surface area contributed by atoms with E-state index in [1.54, 1.807) is 7.11 Å². The van der Waals surface area contributed by atoms with Gasteiger partial charge in [-0.05, 0) is 38.3 Å². The van der Waals surface area contributed by atoms with Crippen LogP contribution in [0.15, 0.2) is 24.3 Å². The summed E-state index contributed by atoms with van der Waals surface area (Å²) in [6, 6.07) is 7.70. The van der Waals surface area contributed by atoms with Gasteiger partial charge in [-0.2, -0.15) is 0 Å². The number of carbonyl (C=O) groups excluding carboxylic acids is 1. The first-order chi connectivity index (χ1) is 12.6. The van der Waals surface area contributed by atoms with Crippen LogP contribution in [0.5, 0.6) is 5.75 Å². The van der Waals surface area contributed by atoms with Crippen LogP contribution in [0.2, 0.25) is 0 Å². The highest BCUT2D eigenvalue weighted by atomic mass is 32.1. The van der Waals surface area contributed by atoms with Crippen molar-refractivity contribution in [1.29, 1.82) is 0 Å². The summed E-state index contributed by atoms with van der Waals surface area (Å²) < 4.78 is 5.35. The van der Waals surface area contributed by atoms with E-state index >= 15 is 0 Å². The molecule has 0 spiro atoms. The number of fused-ring (bicyclic) bond motifs is 1. The van der Waals surface area contributed by atoms with Crippen LogP contribution in [-0.2, 0) is 6.54 Å². The van der Waals surface area contributed by atoms with Crippen LogP contribution < -0.4 is 10.1 Å². The van der Waals surface area contributed by atoms with Gasteiger partial charge in [-0.15, -0.1) is 11.3 Å². The third kappa shape index (κ3) is 3.05. The summed E-state index contributed by atoms with van der Waals surface area (Å²) in [6.45, 7) is 4.41. The molecule has 5 nitrogen and oxygen atoms in total. The first-order valence-electron chi connectivity index (χ1n) is 8.76. The van der Waals surface area contributed by atoms with Gasteiger partial charge in [0, 0.05) is 23.4 Å². The van der Waals surface area contributed by atoms with Crippen molar-refractivity contribution in [2.45, 2.75) is 39.2 Å². The van der Waals surface area contributed by atoms with Crippen molar-refractivity contribution < 1.29 is 9.53 Å². The van der Waals surface area contributed by atoms with E-state index in [0.29, 0.717) is 17.3 Å². The minimum absolute atomic E-state index is 0.0798. The lowest BCUT2D eigenvalue weighted by atomic mass is 10.1. The Balaban J connectivity index is 1.60. The fourth-order valence-electron chi connectivity index (χ4n) is 3.21. The number of carbonyl (C=O) groups is 1. The Morgan fingerprint density at radius 1 is 1.27 bits per heavy atom. The SMILES string of the molecule is COc1ccccc1CNC(=O)c1sc2nc(C3CC3)nc(C)c2c1C. The molecule has 134 valence electrons. The Kier molecular flexibility index (Phi) is 4.36. The highest BCUT2D eigenvalue weighted by Crippen LogP contribution is 2.40. The minimum atomic E-state index is -0.0798. The fourth-order valence-corrected chi connectivity index (χ4v) is 4.36. The molecule has 0 bridgehead atoms. The van der Waals surface area contributed by atoms with E-state index in [1.165, 1.54) is 24.2 Å². The topological polar surface area (TPSA) is 64.1 Å². The van der Waals surface area contributed by atoms with Crippen LogP contribution in [0.3, 0.4) is 0 Å². The van der Waals surface area contributed by atoms with Gasteiger partial charge in [-0.25, -0.2) is 9.97 Å². The van der Waals surface area contributed by atoms with Crippen molar-refractivity contribution in [3.63, 3.8) is 0 Å². The number of amides is 1. The predicted octanol–water partition coefficient (Wildman–Crippen LogP) is 4.12. The van der Waals surface area contributed by atoms with E-state index in [-0.39, 0.29) is 5.91 Å². The second-order valence-electron chi connectivity index (χ2n) is 6.67. The lowest BCUT2D eigenvalue weighted by Gasteiger charge is -2.09. The summed E-state index contributed by atoms with van der Waals surface area (Å²) in [6.07, 6.45) is 2.34. The van der Waals surface area contributed by atoms with Crippen molar-refractivity contribution in [3.05, 3.63) is 51.8 Å². The van der Waals surface area contributed by atoms with E-state index in [2.05, 4.69) is 10.3 Å². The normalized spacial score (nSPS) is 13.8. The van der Waals surface area contributed by atoms with Crippen molar-refractivity contribution in [3.8, 4) is 5.75 Å². The standard InChI is InChI=1S/C20H21N3O2S/c1-11-16-12(2)22-18(13-8-9-13)23-20(16)26-17(11)19(24)21-10-14-6-4-5-7-15(14)25-3/h4-7,13H,8-10H2,1-3H3,(H,21,24). The van der Waals surface area contributed by atoms with Gasteiger partial charge < -0.3 is 10.1 Å². The molecule has 6 heteroatoms. The number of aromatic nitrogens is 2. The molecule has 0 atom stereocenters. The summed E-state index contributed by atoms with van der Waals surface area (Å²) in [5.41, 5.74) is 2.88. The van der Waals surface area contributed by atoms with E-state index in [1.807, 2.05) is 38.1 Å². The van der Waals surface area contributed by atoms with Crippen molar-refractivity contribution >= 4 is 27.5 Å². The Hall–Kier alpha value is -2.47. The molecule has 0 aliphatic heterocycles. The van der Waals surface area contributed by atoms with Gasteiger partial charge in [0.25, 0.3) is 5.91 Å². The molecule has 4 rings (SSSR count). The molecule has 0 unspecified atom stereocenters. The fraction of sp³-hybridized carbons (Fsp3) is 0.350. The zero-order valence-electron chi connectivity index (χ0n) is 15.1. The highest BCUT2D eigenvalue weighted by molar-refractivity contribution is 7.20. The first kappa shape index (κ1) is 17.0. The largest absolute Gasteiger partial charge is 0.496 e. The molecule has 2 heterocycles. The van der Waals surface area contributed by atoms with Crippen LogP contribution in [0, 0.1) is 13.8 Å². The molecule has 1 N–H and O–H groups in total. The zero-order chi connectivity index (χ0) is 18.3. The van der Waals surface area contributed by atoms with Gasteiger partial charge in [-0.3, -0.25) is 4.79 Å². The monoisotopic (exact) mass is 367 g/mol. The van der Waals surface area contributed by atoms with Gasteiger partial charge in [-0.1, -0.05) is 18.2 Å². The van der Waals surface area contributed by atoms with E-state index in [9.17, 15) is 4.79 Å². The molecular weight excluding hydrogens is 346 g/mol. The van der Waals surface area contributed by atoms with Crippen molar-refractivity contribution in [2.24, 2.45) is 0 Å². The second-order valence-corrected chi connectivity index (χ2v) is 7.67. The maximum atomic E-state index is 12.8. The third-order valence-electron chi connectivity index (χ3n) is 4.77. The molecule has 1 aliphatic rings. The lowest BCUT2D eigenvalue weighted by molar-refractivity contribution is 0.0954. The number of hydrogen-bond donors (Lipinski definition) is 1. The maximum absolute atomic E-state index is 12.8. The number of thiophene rings is 1. The molecule has 1 aliphatic carbocycles. The molecule has 2 aromatic heterocycles. The number of benzene rings is 1. The van der Waals surface area contributed by atoms with Gasteiger partial charge in [0.2, 0.25) is 0 Å². The maximum Gasteiger partial charge on any atom is 0.261 e. The van der Waals surface area contributed by atoms with Gasteiger partial charge in [0.05, 0.1) is 17.7 Å². The number of para-hydroxylation sites is 1. The second kappa shape index (κ2) is 6.68. The smallest absolute Gasteiger partial charge is 0.261 e. The number of aryl methyl sites for hydroxylation is 2. The zero-order valence-corrected chi connectivity index (χ0v) is 15.9. The van der Waals surface area contributed by atoms with Crippen LogP contribution >= 0.6 is 11.3 Å². The Morgan fingerprint density at radius 2 is 2.04 bits per heavy atom. The molecular formula is C20H21N3O2S. The molecule has 0 radical (unpaired) electrons. The number of hydrogen-bond acceptors (Lipinski definition) is 5. The number of rotatable bonds is 5. The summed E-state index contributed by atoms with van der Waals surface area (Å²) in [5.74, 6) is 2.13. The summed E-state index contributed by atoms with van der Waals surface area (Å²) in [7, 11) is 1.63. The molecule has 0 saturated heterocycles. The number of methoxy groups -OCH3 is 1. The molecule has 1 aromatic carbocycles. The van der Waals surface area contributed by atoms with Crippen molar-refractivity contribution in [1.82, 2.24) is 15.3 Å². The molecule has 1 saturated carbocycles. The lowest BCUT2D eigenvalue weighted by Crippen LogP contribution is -2.22. The van der Waals surface area contributed by atoms with E-state index in [4.69, 9.17) is 9.72 Å². The van der Waals surface area contributed by atoms with E-state index < -0.39 is 0 Å². The van der Waals surface area contributed by atoms with Gasteiger partial charge in [0.15, 0.2) is 0 Å². The van der Waals surface area contributed by atoms with Gasteiger partial charge >= 0.3 is 0 Å². The molecule has 26 heavy (non-hydrogen) atoms.